The van der Waals surface area contributed by atoms with Crippen molar-refractivity contribution in [1.29, 1.82) is 0 Å². The highest BCUT2D eigenvalue weighted by atomic mass is 14.1. The van der Waals surface area contributed by atoms with Crippen LogP contribution < -0.4 is 20.9 Å². The lowest BCUT2D eigenvalue weighted by atomic mass is 9.90. The van der Waals surface area contributed by atoms with Crippen LogP contribution in [0.15, 0.2) is 104 Å². The molecule has 0 N–H and O–H groups in total. The van der Waals surface area contributed by atoms with Crippen LogP contribution in [0.1, 0.15) is 52.0 Å². The zero-order valence-corrected chi connectivity index (χ0v) is 24.9. The Labute approximate surface area is 241 Å². The Balaban J connectivity index is 0.00000216. The van der Waals surface area contributed by atoms with E-state index in [1.54, 1.807) is 0 Å². The fraction of sp³-hybridized carbons (Fsp3) is 0.200. The largest absolute Gasteiger partial charge is 0.0990 e. The topological polar surface area (TPSA) is 0 Å². The highest BCUT2D eigenvalue weighted by molar-refractivity contribution is 5.88. The van der Waals surface area contributed by atoms with Crippen molar-refractivity contribution in [2.45, 2.75) is 53.4 Å². The van der Waals surface area contributed by atoms with Gasteiger partial charge in [0, 0.05) is 0 Å². The molecular formula is C40H44. The van der Waals surface area contributed by atoms with Crippen molar-refractivity contribution in [2.75, 3.05) is 0 Å². The van der Waals surface area contributed by atoms with Crippen molar-refractivity contribution in [3.63, 3.8) is 0 Å². The van der Waals surface area contributed by atoms with E-state index in [0.717, 1.165) is 52.1 Å². The monoisotopic (exact) mass is 524 g/mol. The third-order valence-electron chi connectivity index (χ3n) is 7.20. The molecule has 0 unspecified atom stereocenters. The molecule has 0 atom stereocenters. The van der Waals surface area contributed by atoms with Crippen molar-refractivity contribution in [3.8, 4) is 22.3 Å². The average molecular weight is 525 g/mol. The predicted octanol–water partition coefficient (Wildman–Crippen LogP) is 8.77. The number of unbranched alkanes of at least 4 members (excludes halogenated alkanes) is 1. The Bertz CT molecular complexity index is 1740. The van der Waals surface area contributed by atoms with Crippen LogP contribution in [-0.2, 0) is 0 Å². The number of rotatable bonds is 9. The summed E-state index contributed by atoms with van der Waals surface area (Å²) < 4.78 is 0. The fourth-order valence-corrected chi connectivity index (χ4v) is 5.14. The summed E-state index contributed by atoms with van der Waals surface area (Å²) in [5.74, 6) is 0. The van der Waals surface area contributed by atoms with Gasteiger partial charge in [0.25, 0.3) is 0 Å². The van der Waals surface area contributed by atoms with E-state index in [9.17, 15) is 0 Å². The zero-order valence-electron chi connectivity index (χ0n) is 24.9. The van der Waals surface area contributed by atoms with Gasteiger partial charge in [0.05, 0.1) is 0 Å². The summed E-state index contributed by atoms with van der Waals surface area (Å²) in [5, 5.41) is 6.59. The Morgan fingerprint density at radius 1 is 0.775 bits per heavy atom. The molecule has 0 aliphatic carbocycles. The van der Waals surface area contributed by atoms with Crippen molar-refractivity contribution in [3.05, 3.63) is 130 Å². The summed E-state index contributed by atoms with van der Waals surface area (Å²) >= 11 is 0. The quantitative estimate of drug-likeness (QED) is 0.152. The van der Waals surface area contributed by atoms with E-state index in [0.29, 0.717) is 0 Å². The zero-order chi connectivity index (χ0) is 29.1. The van der Waals surface area contributed by atoms with Crippen LogP contribution in [0.3, 0.4) is 0 Å². The van der Waals surface area contributed by atoms with E-state index in [2.05, 4.69) is 125 Å². The molecule has 0 heteroatoms. The number of fused-ring (bicyclic) bond motifs is 1. The summed E-state index contributed by atoms with van der Waals surface area (Å²) in [6, 6.07) is 24.0. The molecule has 0 heterocycles. The van der Waals surface area contributed by atoms with Gasteiger partial charge in [-0.15, -0.1) is 0 Å². The molecule has 204 valence electrons. The van der Waals surface area contributed by atoms with Gasteiger partial charge in [0.15, 0.2) is 0 Å². The van der Waals surface area contributed by atoms with Crippen LogP contribution in [0.4, 0.5) is 0 Å². The molecule has 0 aromatic heterocycles. The molecule has 0 saturated heterocycles. The van der Waals surface area contributed by atoms with E-state index in [1.165, 1.54) is 38.6 Å². The Hall–Kier alpha value is -4.16. The van der Waals surface area contributed by atoms with Gasteiger partial charge in [0.2, 0.25) is 0 Å². The molecule has 0 radical (unpaired) electrons. The number of allylic oxidation sites excluding steroid dienone is 4. The van der Waals surface area contributed by atoms with Gasteiger partial charge in [-0.25, -0.2) is 0 Å². The van der Waals surface area contributed by atoms with Gasteiger partial charge < -0.3 is 0 Å². The summed E-state index contributed by atoms with van der Waals surface area (Å²) in [6.45, 7) is 25.6. The highest BCUT2D eigenvalue weighted by Gasteiger charge is 2.10. The van der Waals surface area contributed by atoms with Gasteiger partial charge in [0.1, 0.15) is 0 Å². The predicted molar refractivity (Wildman–Crippen MR) is 182 cm³/mol. The normalized spacial score (nSPS) is 12.0. The second-order valence-electron chi connectivity index (χ2n) is 9.90. The van der Waals surface area contributed by atoms with E-state index in [-0.39, 0.29) is 0 Å². The first-order valence-corrected chi connectivity index (χ1v) is 14.5. The maximum atomic E-state index is 4.48. The van der Waals surface area contributed by atoms with E-state index in [1.807, 2.05) is 26.0 Å². The van der Waals surface area contributed by atoms with Crippen LogP contribution in [-0.4, -0.2) is 0 Å². The van der Waals surface area contributed by atoms with Crippen LogP contribution in [0.2, 0.25) is 0 Å². The number of hydrogen-bond acceptors (Lipinski definition) is 0. The first kappa shape index (κ1) is 30.4. The number of benzene rings is 4. The first-order chi connectivity index (χ1) is 19.4. The lowest BCUT2D eigenvalue weighted by Gasteiger charge is -2.13. The summed E-state index contributed by atoms with van der Waals surface area (Å²) in [7, 11) is 0. The van der Waals surface area contributed by atoms with Crippen LogP contribution in [0.5, 0.6) is 0 Å². The Morgan fingerprint density at radius 3 is 2.17 bits per heavy atom. The molecule has 0 fully saturated rings. The molecule has 0 bridgehead atoms. The van der Waals surface area contributed by atoms with Crippen molar-refractivity contribution < 1.29 is 0 Å². The van der Waals surface area contributed by atoms with Crippen molar-refractivity contribution in [1.82, 2.24) is 0 Å². The van der Waals surface area contributed by atoms with Crippen LogP contribution >= 0.6 is 0 Å². The standard InChI is InChI=1S/C38H38.C2H6/c1-7-9-10-11-12-17-27(3)24-37-29(5)28(4)36(16-8-2)30(6)38(37)35-21-15-20-33(26-35)34-23-22-31-18-13-14-19-32(31)25-34;1-2/h8-10,13-16,18-26H,2-5,7,11-12,17H2,1,6H3;1-2H3/b10-9-,36-16+,37-24+;. The Morgan fingerprint density at radius 2 is 1.45 bits per heavy atom. The minimum absolute atomic E-state index is 0.946. The molecule has 0 spiro atoms. The summed E-state index contributed by atoms with van der Waals surface area (Å²) in [6.07, 6.45) is 14.8. The maximum absolute atomic E-state index is 4.48. The molecule has 0 aliphatic heterocycles. The van der Waals surface area contributed by atoms with Gasteiger partial charge in [-0.3, -0.25) is 0 Å². The summed E-state index contributed by atoms with van der Waals surface area (Å²) in [4.78, 5) is 0. The molecule has 0 saturated carbocycles. The SMILES string of the molecule is C=C/C=c1/c(C)c(-c2cccc(-c3ccc4ccccc4c3)c2)/c(=C/C(=C)CCC/C=C\CC)c(=C)c1=C.CC. The van der Waals surface area contributed by atoms with E-state index < -0.39 is 0 Å². The highest BCUT2D eigenvalue weighted by Crippen LogP contribution is 2.28. The Kier molecular flexibility index (Phi) is 11.3. The van der Waals surface area contributed by atoms with Crippen LogP contribution in [0, 0.1) is 6.92 Å². The lowest BCUT2D eigenvalue weighted by Crippen LogP contribution is -2.49. The third kappa shape index (κ3) is 7.07. The van der Waals surface area contributed by atoms with E-state index in [4.69, 9.17) is 0 Å². The van der Waals surface area contributed by atoms with Crippen molar-refractivity contribution in [2.24, 2.45) is 0 Å². The molecule has 0 nitrogen and oxygen atoms in total. The third-order valence-corrected chi connectivity index (χ3v) is 7.20. The second-order valence-corrected chi connectivity index (χ2v) is 9.90. The summed E-state index contributed by atoms with van der Waals surface area (Å²) in [5.41, 5.74) is 7.05. The van der Waals surface area contributed by atoms with Gasteiger partial charge in [-0.05, 0) is 104 Å². The first-order valence-electron chi connectivity index (χ1n) is 14.5. The molecule has 4 rings (SSSR count). The molecule has 0 amide bonds. The molecule has 4 aromatic rings. The smallest absolute Gasteiger partial charge is 0.00696 e. The van der Waals surface area contributed by atoms with E-state index >= 15 is 0 Å². The van der Waals surface area contributed by atoms with Crippen molar-refractivity contribution >= 4 is 36.1 Å². The second kappa shape index (κ2) is 14.8. The molecule has 40 heavy (non-hydrogen) atoms. The minimum atomic E-state index is 0.946. The number of hydrogen-bond donors (Lipinski definition) is 0. The average Bonchev–Trinajstić information content (AvgIpc) is 2.99. The minimum Gasteiger partial charge on any atom is -0.0990 e. The maximum Gasteiger partial charge on any atom is -0.00696 e. The molecular weight excluding hydrogens is 480 g/mol. The lowest BCUT2D eigenvalue weighted by molar-refractivity contribution is 0.851. The van der Waals surface area contributed by atoms with Gasteiger partial charge >= 0.3 is 0 Å². The fourth-order valence-electron chi connectivity index (χ4n) is 5.14. The van der Waals surface area contributed by atoms with Gasteiger partial charge in [-0.1, -0.05) is 138 Å². The molecule has 0 aliphatic rings. The van der Waals surface area contributed by atoms with Gasteiger partial charge in [-0.2, -0.15) is 0 Å². The molecule has 4 aromatic carbocycles. The van der Waals surface area contributed by atoms with Crippen LogP contribution in [0.25, 0.3) is 58.3 Å².